The zero-order valence-electron chi connectivity index (χ0n) is 22.1. The molecule has 0 unspecified atom stereocenters. The van der Waals surface area contributed by atoms with Gasteiger partial charge in [0.2, 0.25) is 0 Å². The van der Waals surface area contributed by atoms with Gasteiger partial charge in [0.05, 0.1) is 11.4 Å². The Bertz CT molecular complexity index is 1680. The summed E-state index contributed by atoms with van der Waals surface area (Å²) in [6.07, 6.45) is 4.41. The maximum absolute atomic E-state index is 2.36. The predicted molar refractivity (Wildman–Crippen MR) is 170 cm³/mol. The highest BCUT2D eigenvalue weighted by Crippen LogP contribution is 2.42. The number of nitrogens with zero attached hydrogens (tertiary/aromatic N) is 2. The van der Waals surface area contributed by atoms with E-state index >= 15 is 0 Å². The van der Waals surface area contributed by atoms with Crippen LogP contribution in [0.2, 0.25) is 0 Å². The van der Waals surface area contributed by atoms with Crippen molar-refractivity contribution in [2.24, 2.45) is 0 Å². The summed E-state index contributed by atoms with van der Waals surface area (Å²) in [4.78, 5) is 4.64. The number of hydrogen-bond donors (Lipinski definition) is 0. The molecule has 0 amide bonds. The number of benzene rings is 6. The minimum atomic E-state index is 1.13. The van der Waals surface area contributed by atoms with Crippen molar-refractivity contribution in [1.29, 1.82) is 0 Å². The third kappa shape index (κ3) is 4.46. The van der Waals surface area contributed by atoms with Crippen LogP contribution in [0, 0.1) is 0 Å². The zero-order chi connectivity index (χ0) is 26.7. The van der Waals surface area contributed by atoms with Gasteiger partial charge in [-0.3, -0.25) is 0 Å². The normalized spacial score (nSPS) is 11.8. The van der Waals surface area contributed by atoms with Crippen molar-refractivity contribution in [2.45, 2.75) is 0 Å². The first-order chi connectivity index (χ1) is 19.8. The van der Waals surface area contributed by atoms with Crippen molar-refractivity contribution in [3.05, 3.63) is 169 Å². The van der Waals surface area contributed by atoms with Crippen LogP contribution >= 0.6 is 0 Å². The molecule has 2 heteroatoms. The number of rotatable bonds is 5. The van der Waals surface area contributed by atoms with E-state index in [4.69, 9.17) is 0 Å². The van der Waals surface area contributed by atoms with E-state index in [0.717, 1.165) is 22.7 Å². The molecule has 1 aliphatic rings. The summed E-state index contributed by atoms with van der Waals surface area (Å²) < 4.78 is 0. The molecule has 0 bridgehead atoms. The van der Waals surface area contributed by atoms with Crippen molar-refractivity contribution >= 4 is 46.3 Å². The fourth-order valence-electron chi connectivity index (χ4n) is 5.46. The van der Waals surface area contributed by atoms with Crippen LogP contribution in [0.15, 0.2) is 158 Å². The molecule has 2 nitrogen and oxygen atoms in total. The van der Waals surface area contributed by atoms with Crippen molar-refractivity contribution < 1.29 is 0 Å². The van der Waals surface area contributed by atoms with E-state index in [1.54, 1.807) is 0 Å². The summed E-state index contributed by atoms with van der Waals surface area (Å²) >= 11 is 0. The van der Waals surface area contributed by atoms with Crippen LogP contribution in [0.4, 0.5) is 34.1 Å². The lowest BCUT2D eigenvalue weighted by Gasteiger charge is -2.27. The first-order valence-electron chi connectivity index (χ1n) is 13.6. The van der Waals surface area contributed by atoms with Crippen molar-refractivity contribution in [3.8, 4) is 11.1 Å². The number of anilines is 6. The average Bonchev–Trinajstić information content (AvgIpc) is 3.20. The molecule has 0 spiro atoms. The van der Waals surface area contributed by atoms with E-state index in [0.29, 0.717) is 0 Å². The fourth-order valence-corrected chi connectivity index (χ4v) is 5.46. The van der Waals surface area contributed by atoms with Gasteiger partial charge in [-0.15, -0.1) is 0 Å². The predicted octanol–water partition coefficient (Wildman–Crippen LogP) is 10.8. The molecule has 0 saturated heterocycles. The monoisotopic (exact) mass is 512 g/mol. The van der Waals surface area contributed by atoms with E-state index in [-0.39, 0.29) is 0 Å². The molecule has 190 valence electrons. The first kappa shape index (κ1) is 23.8. The molecular weight excluding hydrogens is 484 g/mol. The minimum absolute atomic E-state index is 1.13. The molecule has 0 saturated carbocycles. The van der Waals surface area contributed by atoms with E-state index < -0.39 is 0 Å². The lowest BCUT2D eigenvalue weighted by atomic mass is 10.0. The lowest BCUT2D eigenvalue weighted by Crippen LogP contribution is -2.11. The fraction of sp³-hybridized carbons (Fsp3) is 0. The van der Waals surface area contributed by atoms with Gasteiger partial charge in [-0.2, -0.15) is 0 Å². The zero-order valence-corrected chi connectivity index (χ0v) is 22.1. The summed E-state index contributed by atoms with van der Waals surface area (Å²) in [6, 6.07) is 55.9. The number of hydrogen-bond acceptors (Lipinski definition) is 2. The SMILES string of the molecule is C1=Cc2ccccc2N(c2ccc(-c3ccc(N(c4ccccc4)c4ccccc4)cc3)cc2)c2ccccc21. The Balaban J connectivity index is 1.22. The highest BCUT2D eigenvalue weighted by molar-refractivity contribution is 5.93. The average molecular weight is 513 g/mol. The first-order valence-corrected chi connectivity index (χ1v) is 13.6. The van der Waals surface area contributed by atoms with Crippen LogP contribution < -0.4 is 9.80 Å². The molecule has 0 fully saturated rings. The summed E-state index contributed by atoms with van der Waals surface area (Å²) in [5.74, 6) is 0. The summed E-state index contributed by atoms with van der Waals surface area (Å²) in [7, 11) is 0. The Labute approximate surface area is 235 Å². The van der Waals surface area contributed by atoms with Crippen molar-refractivity contribution in [3.63, 3.8) is 0 Å². The lowest BCUT2D eigenvalue weighted by molar-refractivity contribution is 1.27. The van der Waals surface area contributed by atoms with Gasteiger partial charge in [-0.25, -0.2) is 0 Å². The largest absolute Gasteiger partial charge is 0.311 e. The quantitative estimate of drug-likeness (QED) is 0.226. The Hall–Kier alpha value is -5.34. The topological polar surface area (TPSA) is 6.48 Å². The van der Waals surface area contributed by atoms with Crippen LogP contribution in [0.3, 0.4) is 0 Å². The molecular formula is C38H28N2. The maximum atomic E-state index is 2.36. The van der Waals surface area contributed by atoms with Crippen LogP contribution in [0.25, 0.3) is 23.3 Å². The van der Waals surface area contributed by atoms with Crippen molar-refractivity contribution in [1.82, 2.24) is 0 Å². The van der Waals surface area contributed by atoms with Gasteiger partial charge in [-0.05, 0) is 82.9 Å². The van der Waals surface area contributed by atoms with Gasteiger partial charge in [0, 0.05) is 22.7 Å². The van der Waals surface area contributed by atoms with Gasteiger partial charge < -0.3 is 9.80 Å². The Kier molecular flexibility index (Phi) is 6.20. The third-order valence-electron chi connectivity index (χ3n) is 7.41. The second-order valence-corrected chi connectivity index (χ2v) is 9.89. The van der Waals surface area contributed by atoms with Crippen LogP contribution in [0.5, 0.6) is 0 Å². The van der Waals surface area contributed by atoms with E-state index in [9.17, 15) is 0 Å². The second-order valence-electron chi connectivity index (χ2n) is 9.89. The van der Waals surface area contributed by atoms with Gasteiger partial charge in [-0.1, -0.05) is 109 Å². The highest BCUT2D eigenvalue weighted by Gasteiger charge is 2.19. The molecule has 0 N–H and O–H groups in total. The van der Waals surface area contributed by atoms with Gasteiger partial charge in [0.25, 0.3) is 0 Å². The maximum Gasteiger partial charge on any atom is 0.0534 e. The van der Waals surface area contributed by atoms with Crippen molar-refractivity contribution in [2.75, 3.05) is 9.80 Å². The summed E-state index contributed by atoms with van der Waals surface area (Å²) in [5.41, 5.74) is 11.7. The third-order valence-corrected chi connectivity index (χ3v) is 7.41. The molecule has 40 heavy (non-hydrogen) atoms. The molecule has 6 aromatic rings. The van der Waals surface area contributed by atoms with Gasteiger partial charge >= 0.3 is 0 Å². The van der Waals surface area contributed by atoms with E-state index in [1.807, 2.05) is 0 Å². The molecule has 0 aliphatic carbocycles. The Morgan fingerprint density at radius 2 is 0.750 bits per heavy atom. The molecule has 0 radical (unpaired) electrons. The van der Waals surface area contributed by atoms with Gasteiger partial charge in [0.1, 0.15) is 0 Å². The smallest absolute Gasteiger partial charge is 0.0534 e. The Morgan fingerprint density at radius 1 is 0.350 bits per heavy atom. The molecule has 7 rings (SSSR count). The van der Waals surface area contributed by atoms with E-state index in [2.05, 4.69) is 180 Å². The molecule has 1 heterocycles. The second kappa shape index (κ2) is 10.4. The van der Waals surface area contributed by atoms with E-state index in [1.165, 1.54) is 33.6 Å². The molecule has 0 atom stereocenters. The number of para-hydroxylation sites is 4. The highest BCUT2D eigenvalue weighted by atomic mass is 15.1. The van der Waals surface area contributed by atoms with Gasteiger partial charge in [0.15, 0.2) is 0 Å². The minimum Gasteiger partial charge on any atom is -0.311 e. The van der Waals surface area contributed by atoms with Crippen LogP contribution in [-0.2, 0) is 0 Å². The van der Waals surface area contributed by atoms with Crippen LogP contribution in [0.1, 0.15) is 11.1 Å². The summed E-state index contributed by atoms with van der Waals surface area (Å²) in [5, 5.41) is 0. The Morgan fingerprint density at radius 3 is 1.25 bits per heavy atom. The molecule has 1 aliphatic heterocycles. The molecule has 0 aromatic heterocycles. The summed E-state index contributed by atoms with van der Waals surface area (Å²) in [6.45, 7) is 0. The standard InChI is InChI=1S/C38H28N2/c1-3-13-33(14-4-1)39(34-15-5-2-6-16-34)35-25-21-29(22-26-35)30-23-27-36(28-24-30)40-37-17-9-7-11-31(37)19-20-32-12-8-10-18-38(32)40/h1-28H. The van der Waals surface area contributed by atoms with Crippen LogP contribution in [-0.4, -0.2) is 0 Å². The molecule has 6 aromatic carbocycles. The number of fused-ring (bicyclic) bond motifs is 2.